The number of carboxylic acids is 1. The minimum atomic E-state index is -0.977. The summed E-state index contributed by atoms with van der Waals surface area (Å²) in [4.78, 5) is 15.3. The maximum absolute atomic E-state index is 11.1. The van der Waals surface area contributed by atoms with Gasteiger partial charge in [-0.15, -0.1) is 5.10 Å². The van der Waals surface area contributed by atoms with Crippen LogP contribution in [0.2, 0.25) is 0 Å². The van der Waals surface area contributed by atoms with Gasteiger partial charge in [-0.1, -0.05) is 12.1 Å². The highest BCUT2D eigenvalue weighted by atomic mass is 16.5. The molecule has 0 aliphatic carbocycles. The summed E-state index contributed by atoms with van der Waals surface area (Å²) in [6.45, 7) is 0. The molecule has 1 aromatic carbocycles. The maximum atomic E-state index is 11.1. The third kappa shape index (κ3) is 1.87. The molecule has 6 heteroatoms. The average molecular weight is 269 g/mol. The number of ether oxygens (including phenoxy) is 1. The Morgan fingerprint density at radius 2 is 2.20 bits per heavy atom. The molecule has 1 N–H and O–H groups in total. The molecule has 3 aromatic rings. The van der Waals surface area contributed by atoms with Crippen molar-refractivity contribution in [2.24, 2.45) is 0 Å². The van der Waals surface area contributed by atoms with E-state index >= 15 is 0 Å². The van der Waals surface area contributed by atoms with Crippen LogP contribution in [0.25, 0.3) is 16.8 Å². The smallest absolute Gasteiger partial charge is 0.335 e. The van der Waals surface area contributed by atoms with E-state index in [0.717, 1.165) is 0 Å². The van der Waals surface area contributed by atoms with Crippen molar-refractivity contribution in [3.8, 4) is 17.0 Å². The fourth-order valence-corrected chi connectivity index (χ4v) is 2.07. The Kier molecular flexibility index (Phi) is 2.83. The van der Waals surface area contributed by atoms with Crippen LogP contribution in [0.1, 0.15) is 10.4 Å². The maximum Gasteiger partial charge on any atom is 0.335 e. The molecule has 0 saturated carbocycles. The number of benzene rings is 1. The summed E-state index contributed by atoms with van der Waals surface area (Å²) in [6, 6.07) is 8.37. The molecule has 2 aromatic heterocycles. The SMILES string of the molecule is COc1nn2cccnc2c1-c1cccc(C(=O)O)c1. The minimum Gasteiger partial charge on any atom is -0.479 e. The van der Waals surface area contributed by atoms with Crippen LogP contribution in [0.5, 0.6) is 5.88 Å². The van der Waals surface area contributed by atoms with E-state index < -0.39 is 5.97 Å². The third-order valence-electron chi connectivity index (χ3n) is 2.95. The van der Waals surface area contributed by atoms with Crippen molar-refractivity contribution in [1.29, 1.82) is 0 Å². The summed E-state index contributed by atoms with van der Waals surface area (Å²) in [5.74, 6) is -0.568. The van der Waals surface area contributed by atoms with Crippen molar-refractivity contribution in [2.45, 2.75) is 0 Å². The zero-order chi connectivity index (χ0) is 14.1. The van der Waals surface area contributed by atoms with Gasteiger partial charge in [-0.2, -0.15) is 0 Å². The van der Waals surface area contributed by atoms with Crippen LogP contribution in [-0.4, -0.2) is 32.8 Å². The van der Waals surface area contributed by atoms with Gasteiger partial charge in [0, 0.05) is 12.4 Å². The highest BCUT2D eigenvalue weighted by Crippen LogP contribution is 2.32. The van der Waals surface area contributed by atoms with Gasteiger partial charge in [-0.05, 0) is 23.8 Å². The summed E-state index contributed by atoms with van der Waals surface area (Å²) >= 11 is 0. The van der Waals surface area contributed by atoms with E-state index in [-0.39, 0.29) is 5.56 Å². The lowest BCUT2D eigenvalue weighted by Gasteiger charge is -2.03. The van der Waals surface area contributed by atoms with Gasteiger partial charge in [-0.3, -0.25) is 0 Å². The number of methoxy groups -OCH3 is 1. The van der Waals surface area contributed by atoms with Crippen LogP contribution in [0.4, 0.5) is 0 Å². The normalized spacial score (nSPS) is 10.7. The zero-order valence-corrected chi connectivity index (χ0v) is 10.6. The second-order valence-electron chi connectivity index (χ2n) is 4.16. The second-order valence-corrected chi connectivity index (χ2v) is 4.16. The van der Waals surface area contributed by atoms with Crippen LogP contribution >= 0.6 is 0 Å². The molecule has 0 aliphatic heterocycles. The Labute approximate surface area is 114 Å². The molecular weight excluding hydrogens is 258 g/mol. The fraction of sp³-hybridized carbons (Fsp3) is 0.0714. The molecule has 0 spiro atoms. The molecular formula is C14H11N3O3. The monoisotopic (exact) mass is 269 g/mol. The summed E-state index contributed by atoms with van der Waals surface area (Å²) in [7, 11) is 1.52. The summed E-state index contributed by atoms with van der Waals surface area (Å²) < 4.78 is 6.86. The Morgan fingerprint density at radius 1 is 1.35 bits per heavy atom. The number of aromatic carboxylic acids is 1. The van der Waals surface area contributed by atoms with Gasteiger partial charge in [0.1, 0.15) is 0 Å². The van der Waals surface area contributed by atoms with E-state index in [4.69, 9.17) is 9.84 Å². The molecule has 0 radical (unpaired) electrons. The number of aromatic nitrogens is 3. The van der Waals surface area contributed by atoms with Gasteiger partial charge >= 0.3 is 5.97 Å². The first-order chi connectivity index (χ1) is 9.70. The lowest BCUT2D eigenvalue weighted by atomic mass is 10.1. The Bertz CT molecular complexity index is 795. The van der Waals surface area contributed by atoms with E-state index in [1.165, 1.54) is 13.2 Å². The van der Waals surface area contributed by atoms with Gasteiger partial charge < -0.3 is 9.84 Å². The molecule has 0 unspecified atom stereocenters. The quantitative estimate of drug-likeness (QED) is 0.788. The van der Waals surface area contributed by atoms with Crippen molar-refractivity contribution >= 4 is 11.6 Å². The first-order valence-electron chi connectivity index (χ1n) is 5.92. The number of carbonyl (C=O) groups is 1. The fourth-order valence-electron chi connectivity index (χ4n) is 2.07. The van der Waals surface area contributed by atoms with Crippen molar-refractivity contribution in [2.75, 3.05) is 7.11 Å². The van der Waals surface area contributed by atoms with Crippen LogP contribution in [0.15, 0.2) is 42.7 Å². The molecule has 0 aliphatic rings. The Hall–Kier alpha value is -2.89. The first kappa shape index (κ1) is 12.2. The highest BCUT2D eigenvalue weighted by molar-refractivity contribution is 5.91. The number of nitrogens with zero attached hydrogens (tertiary/aromatic N) is 3. The molecule has 100 valence electrons. The van der Waals surface area contributed by atoms with Crippen LogP contribution in [0, 0.1) is 0 Å². The molecule has 0 atom stereocenters. The van der Waals surface area contributed by atoms with Gasteiger partial charge in [-0.25, -0.2) is 14.3 Å². The lowest BCUT2D eigenvalue weighted by Crippen LogP contribution is -1.96. The van der Waals surface area contributed by atoms with Crippen molar-refractivity contribution in [1.82, 2.24) is 14.6 Å². The van der Waals surface area contributed by atoms with E-state index in [1.54, 1.807) is 41.2 Å². The molecule has 0 amide bonds. The largest absolute Gasteiger partial charge is 0.479 e. The average Bonchev–Trinajstić information content (AvgIpc) is 2.85. The zero-order valence-electron chi connectivity index (χ0n) is 10.6. The lowest BCUT2D eigenvalue weighted by molar-refractivity contribution is 0.0697. The summed E-state index contributed by atoms with van der Waals surface area (Å²) in [5, 5.41) is 13.3. The van der Waals surface area contributed by atoms with Gasteiger partial charge in [0.25, 0.3) is 0 Å². The summed E-state index contributed by atoms with van der Waals surface area (Å²) in [6.07, 6.45) is 3.41. The number of hydrogen-bond acceptors (Lipinski definition) is 4. The van der Waals surface area contributed by atoms with E-state index in [1.807, 2.05) is 0 Å². The van der Waals surface area contributed by atoms with E-state index in [0.29, 0.717) is 22.7 Å². The standard InChI is InChI=1S/C14H11N3O3/c1-20-13-11(12-15-6-3-7-17(12)16-13)9-4-2-5-10(8-9)14(18)19/h2-8H,1H3,(H,18,19). The first-order valence-corrected chi connectivity index (χ1v) is 5.92. The van der Waals surface area contributed by atoms with Gasteiger partial charge in [0.2, 0.25) is 5.88 Å². The van der Waals surface area contributed by atoms with Crippen molar-refractivity contribution < 1.29 is 14.6 Å². The number of hydrogen-bond donors (Lipinski definition) is 1. The number of fused-ring (bicyclic) bond motifs is 1. The predicted molar refractivity (Wildman–Crippen MR) is 71.9 cm³/mol. The van der Waals surface area contributed by atoms with Gasteiger partial charge in [0.15, 0.2) is 5.65 Å². The van der Waals surface area contributed by atoms with Gasteiger partial charge in [0.05, 0.1) is 18.2 Å². The second kappa shape index (κ2) is 4.65. The van der Waals surface area contributed by atoms with Crippen LogP contribution in [-0.2, 0) is 0 Å². The van der Waals surface area contributed by atoms with E-state index in [9.17, 15) is 4.79 Å². The third-order valence-corrected chi connectivity index (χ3v) is 2.95. The Balaban J connectivity index is 2.28. The number of rotatable bonds is 3. The van der Waals surface area contributed by atoms with Crippen molar-refractivity contribution in [3.05, 3.63) is 48.3 Å². The molecule has 2 heterocycles. The highest BCUT2D eigenvalue weighted by Gasteiger charge is 2.17. The molecule has 0 saturated heterocycles. The minimum absolute atomic E-state index is 0.208. The molecule has 3 rings (SSSR count). The predicted octanol–water partition coefficient (Wildman–Crippen LogP) is 2.10. The molecule has 0 fully saturated rings. The topological polar surface area (TPSA) is 76.7 Å². The number of carboxylic acid groups (broad SMARTS) is 1. The molecule has 20 heavy (non-hydrogen) atoms. The van der Waals surface area contributed by atoms with Crippen LogP contribution in [0.3, 0.4) is 0 Å². The molecule has 0 bridgehead atoms. The van der Waals surface area contributed by atoms with Crippen molar-refractivity contribution in [3.63, 3.8) is 0 Å². The molecule has 6 nitrogen and oxygen atoms in total. The summed E-state index contributed by atoms with van der Waals surface area (Å²) in [5.41, 5.74) is 2.21. The van der Waals surface area contributed by atoms with Crippen LogP contribution < -0.4 is 4.74 Å². The van der Waals surface area contributed by atoms with E-state index in [2.05, 4.69) is 10.1 Å². The Morgan fingerprint density at radius 3 is 2.95 bits per heavy atom.